The van der Waals surface area contributed by atoms with E-state index in [1.54, 1.807) is 60.4 Å². The normalized spacial score (nSPS) is 18.0. The molecule has 2 saturated heterocycles. The van der Waals surface area contributed by atoms with E-state index in [1.807, 2.05) is 24.3 Å². The van der Waals surface area contributed by atoms with Crippen molar-refractivity contribution in [1.29, 1.82) is 0 Å². The summed E-state index contributed by atoms with van der Waals surface area (Å²) < 4.78 is 22.2. The Labute approximate surface area is 232 Å². The lowest BCUT2D eigenvalue weighted by molar-refractivity contribution is -0.128. The number of likely N-dealkylation sites (tertiary alicyclic amines) is 1. The number of amides is 3. The zero-order valence-corrected chi connectivity index (χ0v) is 22.6. The molecule has 1 atom stereocenters. The number of rotatable bonds is 8. The van der Waals surface area contributed by atoms with Crippen molar-refractivity contribution in [2.24, 2.45) is 0 Å². The van der Waals surface area contributed by atoms with Gasteiger partial charge in [-0.3, -0.25) is 19.3 Å². The molecule has 1 unspecified atom stereocenters. The maximum atomic E-state index is 13.8. The van der Waals surface area contributed by atoms with Crippen LogP contribution in [0.5, 0.6) is 11.5 Å². The van der Waals surface area contributed by atoms with Crippen molar-refractivity contribution in [1.82, 2.24) is 15.1 Å². The van der Waals surface area contributed by atoms with Crippen LogP contribution in [-0.2, 0) is 16.0 Å². The van der Waals surface area contributed by atoms with Crippen molar-refractivity contribution in [3.05, 3.63) is 83.8 Å². The Morgan fingerprint density at radius 3 is 2.38 bits per heavy atom. The van der Waals surface area contributed by atoms with Gasteiger partial charge in [0.15, 0.2) is 17.3 Å². The Balaban J connectivity index is 1.29. The monoisotopic (exact) mass is 547 g/mol. The minimum atomic E-state index is -0.988. The van der Waals surface area contributed by atoms with Crippen LogP contribution in [0.15, 0.2) is 71.3 Å². The van der Waals surface area contributed by atoms with Crippen molar-refractivity contribution in [2.75, 3.05) is 40.5 Å². The minimum Gasteiger partial charge on any atom is -0.493 e. The molecule has 3 amide bonds. The number of ether oxygens (including phenoxy) is 3. The van der Waals surface area contributed by atoms with Gasteiger partial charge >= 0.3 is 0 Å². The van der Waals surface area contributed by atoms with Crippen LogP contribution in [0.4, 0.5) is 0 Å². The molecule has 40 heavy (non-hydrogen) atoms. The molecule has 1 N–H and O–H groups in total. The molecule has 10 nitrogen and oxygen atoms in total. The molecule has 5 rings (SSSR count). The third-order valence-corrected chi connectivity index (χ3v) is 7.53. The predicted octanol–water partition coefficient (Wildman–Crippen LogP) is 3.13. The first-order chi connectivity index (χ1) is 19.5. The van der Waals surface area contributed by atoms with Crippen LogP contribution in [-0.4, -0.2) is 79.7 Å². The summed E-state index contributed by atoms with van der Waals surface area (Å²) in [6.45, 7) is 1.18. The average Bonchev–Trinajstić information content (AvgIpc) is 3.66. The number of furan rings is 1. The van der Waals surface area contributed by atoms with Crippen molar-refractivity contribution < 1.29 is 33.0 Å². The molecular weight excluding hydrogens is 514 g/mol. The number of carbonyl (C=O) groups excluding carboxylic acids is 3. The van der Waals surface area contributed by atoms with Crippen LogP contribution in [0.1, 0.15) is 39.3 Å². The first-order valence-electron chi connectivity index (χ1n) is 13.3. The molecule has 0 radical (unpaired) electrons. The highest BCUT2D eigenvalue weighted by molar-refractivity contribution is 5.98. The molecule has 2 aliphatic heterocycles. The molecule has 1 spiro atoms. The lowest BCUT2D eigenvalue weighted by Crippen LogP contribution is -2.59. The van der Waals surface area contributed by atoms with Gasteiger partial charge in [-0.25, -0.2) is 0 Å². The maximum absolute atomic E-state index is 13.8. The van der Waals surface area contributed by atoms with Crippen LogP contribution in [0.25, 0.3) is 0 Å². The Kier molecular flexibility index (Phi) is 8.06. The number of methoxy groups -OCH3 is 2. The highest BCUT2D eigenvalue weighted by Gasteiger charge is 2.54. The van der Waals surface area contributed by atoms with Gasteiger partial charge in [-0.05, 0) is 48.4 Å². The predicted molar refractivity (Wildman–Crippen MR) is 145 cm³/mol. The van der Waals surface area contributed by atoms with E-state index in [4.69, 9.17) is 18.6 Å². The van der Waals surface area contributed by atoms with Gasteiger partial charge in [0.05, 0.1) is 27.1 Å². The van der Waals surface area contributed by atoms with Gasteiger partial charge in [-0.2, -0.15) is 0 Å². The highest BCUT2D eigenvalue weighted by Crippen LogP contribution is 2.39. The molecule has 3 aromatic rings. The summed E-state index contributed by atoms with van der Waals surface area (Å²) in [4.78, 5) is 43.4. The zero-order chi connectivity index (χ0) is 28.1. The second-order valence-corrected chi connectivity index (χ2v) is 9.81. The number of piperidine rings is 1. The van der Waals surface area contributed by atoms with Crippen molar-refractivity contribution in [2.45, 2.75) is 31.0 Å². The van der Waals surface area contributed by atoms with Gasteiger partial charge in [0.1, 0.15) is 11.8 Å². The quantitative estimate of drug-likeness (QED) is 0.461. The van der Waals surface area contributed by atoms with E-state index < -0.39 is 11.8 Å². The van der Waals surface area contributed by atoms with E-state index in [0.717, 1.165) is 5.56 Å². The maximum Gasteiger partial charge on any atom is 0.289 e. The van der Waals surface area contributed by atoms with Crippen LogP contribution < -0.4 is 14.8 Å². The standard InChI is InChI=1S/C30H33N3O7/c1-37-24-11-10-21(19-26(24)38-2)12-15-31-27(34)23-20-40-30(33(23)28(35)22-7-4-3-5-8-22)13-16-32(17-14-30)29(36)25-9-6-18-39-25/h3-11,18-19,23H,12-17,20H2,1-2H3,(H,31,34). The van der Waals surface area contributed by atoms with Gasteiger partial charge in [-0.1, -0.05) is 24.3 Å². The molecule has 2 aromatic carbocycles. The second kappa shape index (κ2) is 11.8. The van der Waals surface area contributed by atoms with Gasteiger partial charge < -0.3 is 28.8 Å². The van der Waals surface area contributed by atoms with E-state index in [-0.39, 0.29) is 30.1 Å². The van der Waals surface area contributed by atoms with Gasteiger partial charge in [0, 0.05) is 38.0 Å². The topological polar surface area (TPSA) is 111 Å². The number of nitrogens with zero attached hydrogens (tertiary/aromatic N) is 2. The summed E-state index contributed by atoms with van der Waals surface area (Å²) in [7, 11) is 3.16. The van der Waals surface area contributed by atoms with Crippen molar-refractivity contribution in [3.63, 3.8) is 0 Å². The van der Waals surface area contributed by atoms with E-state index in [1.165, 1.54) is 6.26 Å². The number of nitrogens with one attached hydrogen (secondary N) is 1. The molecule has 2 aliphatic rings. The first kappa shape index (κ1) is 27.3. The van der Waals surface area contributed by atoms with E-state index in [2.05, 4.69) is 5.32 Å². The van der Waals surface area contributed by atoms with E-state index >= 15 is 0 Å². The van der Waals surface area contributed by atoms with E-state index in [9.17, 15) is 14.4 Å². The van der Waals surface area contributed by atoms with E-state index in [0.29, 0.717) is 56.0 Å². The summed E-state index contributed by atoms with van der Waals surface area (Å²) in [6, 6.07) is 17.0. The molecule has 210 valence electrons. The third-order valence-electron chi connectivity index (χ3n) is 7.53. The summed E-state index contributed by atoms with van der Waals surface area (Å²) >= 11 is 0. The Morgan fingerprint density at radius 1 is 0.950 bits per heavy atom. The lowest BCUT2D eigenvalue weighted by atomic mass is 9.96. The van der Waals surface area contributed by atoms with Crippen LogP contribution in [0.2, 0.25) is 0 Å². The zero-order valence-electron chi connectivity index (χ0n) is 22.6. The fourth-order valence-electron chi connectivity index (χ4n) is 5.39. The first-order valence-corrected chi connectivity index (χ1v) is 13.3. The number of hydrogen-bond donors (Lipinski definition) is 1. The van der Waals surface area contributed by atoms with Gasteiger partial charge in [0.2, 0.25) is 5.91 Å². The fourth-order valence-corrected chi connectivity index (χ4v) is 5.39. The number of carbonyl (C=O) groups is 3. The number of benzene rings is 2. The SMILES string of the molecule is COc1ccc(CCNC(=O)C2COC3(CCN(C(=O)c4ccco4)CC3)N2C(=O)c2ccccc2)cc1OC. The van der Waals surface area contributed by atoms with Crippen LogP contribution in [0.3, 0.4) is 0 Å². The molecule has 0 aliphatic carbocycles. The largest absolute Gasteiger partial charge is 0.493 e. The molecule has 1 aromatic heterocycles. The average molecular weight is 548 g/mol. The summed E-state index contributed by atoms with van der Waals surface area (Å²) in [6.07, 6.45) is 2.80. The van der Waals surface area contributed by atoms with Gasteiger partial charge in [0.25, 0.3) is 11.8 Å². The van der Waals surface area contributed by atoms with Crippen LogP contribution in [0, 0.1) is 0 Å². The Hall–Kier alpha value is -4.31. The number of hydrogen-bond acceptors (Lipinski definition) is 7. The second-order valence-electron chi connectivity index (χ2n) is 9.81. The molecule has 10 heteroatoms. The molecule has 0 saturated carbocycles. The molecule has 0 bridgehead atoms. The van der Waals surface area contributed by atoms with Gasteiger partial charge in [-0.15, -0.1) is 0 Å². The van der Waals surface area contributed by atoms with Crippen LogP contribution >= 0.6 is 0 Å². The van der Waals surface area contributed by atoms with Crippen molar-refractivity contribution in [3.8, 4) is 11.5 Å². The lowest BCUT2D eigenvalue weighted by Gasteiger charge is -2.44. The van der Waals surface area contributed by atoms with Crippen molar-refractivity contribution >= 4 is 17.7 Å². The fraction of sp³-hybridized carbons (Fsp3) is 0.367. The smallest absolute Gasteiger partial charge is 0.289 e. The Bertz CT molecular complexity index is 1330. The Morgan fingerprint density at radius 2 is 1.70 bits per heavy atom. The summed E-state index contributed by atoms with van der Waals surface area (Å²) in [5.74, 6) is 0.764. The minimum absolute atomic E-state index is 0.0763. The molecule has 3 heterocycles. The highest BCUT2D eigenvalue weighted by atomic mass is 16.5. The summed E-state index contributed by atoms with van der Waals surface area (Å²) in [5.41, 5.74) is 0.464. The third kappa shape index (κ3) is 5.40. The summed E-state index contributed by atoms with van der Waals surface area (Å²) in [5, 5.41) is 2.98. The molecular formula is C30H33N3O7. The molecule has 2 fully saturated rings.